The molecule has 2 bridgehead atoms. The molecule has 1 amide bonds. The van der Waals surface area contributed by atoms with Crippen LogP contribution in [0.5, 0.6) is 0 Å². The molecule has 3 aliphatic carbocycles. The van der Waals surface area contributed by atoms with E-state index in [4.69, 9.17) is 4.74 Å². The number of carbonyl (C=O) groups excluding carboxylic acids is 1. The maximum Gasteiger partial charge on any atom is 0.410 e. The third-order valence-corrected chi connectivity index (χ3v) is 6.92. The van der Waals surface area contributed by atoms with E-state index in [9.17, 15) is 9.90 Å². The van der Waals surface area contributed by atoms with Crippen LogP contribution in [0.2, 0.25) is 0 Å². The molecule has 0 radical (unpaired) electrons. The quantitative estimate of drug-likeness (QED) is 0.815. The van der Waals surface area contributed by atoms with Crippen LogP contribution in [-0.4, -0.2) is 28.7 Å². The van der Waals surface area contributed by atoms with E-state index in [1.165, 1.54) is 25.7 Å². The molecule has 4 aliphatic rings. The number of rotatable bonds is 2. The first-order valence-corrected chi connectivity index (χ1v) is 10.5. The maximum absolute atomic E-state index is 13.3. The third-order valence-electron chi connectivity index (χ3n) is 6.92. The van der Waals surface area contributed by atoms with Gasteiger partial charge < -0.3 is 9.84 Å². The van der Waals surface area contributed by atoms with Crippen molar-refractivity contribution in [2.45, 2.75) is 50.4 Å². The van der Waals surface area contributed by atoms with Crippen LogP contribution in [0.4, 0.5) is 4.79 Å². The van der Waals surface area contributed by atoms with Gasteiger partial charge in [-0.15, -0.1) is 0 Å². The molecule has 4 heteroatoms. The molecule has 0 aromatic heterocycles. The van der Waals surface area contributed by atoms with Gasteiger partial charge in [0.1, 0.15) is 6.10 Å². The van der Waals surface area contributed by atoms with E-state index in [0.29, 0.717) is 11.8 Å². The van der Waals surface area contributed by atoms with Crippen molar-refractivity contribution in [1.29, 1.82) is 0 Å². The SMILES string of the molecule is O=C(O[C@H]1CC2CCC1CC2)N1CC(O)c2ccccc2C1c1ccccc1. The number of hydrogen-bond donors (Lipinski definition) is 1. The molecular weight excluding hydrogens is 350 g/mol. The van der Waals surface area contributed by atoms with Crippen molar-refractivity contribution in [2.24, 2.45) is 11.8 Å². The van der Waals surface area contributed by atoms with Crippen LogP contribution in [0.3, 0.4) is 0 Å². The van der Waals surface area contributed by atoms with Gasteiger partial charge >= 0.3 is 6.09 Å². The normalized spacial score (nSPS) is 31.3. The van der Waals surface area contributed by atoms with Gasteiger partial charge in [-0.3, -0.25) is 4.90 Å². The molecule has 3 saturated carbocycles. The second-order valence-electron chi connectivity index (χ2n) is 8.55. The Morgan fingerprint density at radius 2 is 1.61 bits per heavy atom. The Balaban J connectivity index is 1.46. The first-order valence-electron chi connectivity index (χ1n) is 10.5. The minimum absolute atomic E-state index is 0.0331. The first kappa shape index (κ1) is 17.7. The standard InChI is InChI=1S/C24H27NO3/c26-21-15-25(24(27)28-22-14-16-10-12-17(22)13-11-16)23(18-6-2-1-3-7-18)20-9-5-4-8-19(20)21/h1-9,16-17,21-23,26H,10-15H2/t16?,17?,21?,22-,23?/m0/s1. The van der Waals surface area contributed by atoms with Crippen molar-refractivity contribution < 1.29 is 14.6 Å². The van der Waals surface area contributed by atoms with Crippen LogP contribution < -0.4 is 0 Å². The Hall–Kier alpha value is -2.33. The summed E-state index contributed by atoms with van der Waals surface area (Å²) in [6.45, 7) is 0.260. The number of nitrogens with zero attached hydrogens (tertiary/aromatic N) is 1. The monoisotopic (exact) mass is 377 g/mol. The second-order valence-corrected chi connectivity index (χ2v) is 8.55. The molecule has 1 N–H and O–H groups in total. The molecule has 146 valence electrons. The van der Waals surface area contributed by atoms with Crippen molar-refractivity contribution in [3.05, 3.63) is 71.3 Å². The van der Waals surface area contributed by atoms with E-state index in [0.717, 1.165) is 23.1 Å². The van der Waals surface area contributed by atoms with E-state index in [2.05, 4.69) is 0 Å². The summed E-state index contributed by atoms with van der Waals surface area (Å²) in [5.41, 5.74) is 2.93. The number of carbonyl (C=O) groups is 1. The average molecular weight is 377 g/mol. The Labute approximate surface area is 166 Å². The van der Waals surface area contributed by atoms with E-state index < -0.39 is 6.10 Å². The number of aliphatic hydroxyl groups is 1. The van der Waals surface area contributed by atoms with E-state index in [1.54, 1.807) is 4.90 Å². The van der Waals surface area contributed by atoms with Crippen molar-refractivity contribution in [2.75, 3.05) is 6.54 Å². The zero-order valence-electron chi connectivity index (χ0n) is 16.0. The number of fused-ring (bicyclic) bond motifs is 4. The first-order chi connectivity index (χ1) is 13.7. The number of aliphatic hydroxyl groups excluding tert-OH is 1. The Bertz CT molecular complexity index is 844. The topological polar surface area (TPSA) is 49.8 Å². The molecule has 4 nitrogen and oxygen atoms in total. The fourth-order valence-corrected chi connectivity index (χ4v) is 5.45. The lowest BCUT2D eigenvalue weighted by Crippen LogP contribution is -2.46. The number of amides is 1. The van der Waals surface area contributed by atoms with Gasteiger partial charge in [0.15, 0.2) is 0 Å². The zero-order valence-corrected chi connectivity index (χ0v) is 16.0. The molecule has 3 fully saturated rings. The van der Waals surface area contributed by atoms with Gasteiger partial charge in [-0.25, -0.2) is 4.79 Å². The maximum atomic E-state index is 13.3. The highest BCUT2D eigenvalue weighted by atomic mass is 16.6. The minimum Gasteiger partial charge on any atom is -0.446 e. The molecule has 28 heavy (non-hydrogen) atoms. The zero-order chi connectivity index (χ0) is 19.1. The van der Waals surface area contributed by atoms with Gasteiger partial charge in [0.25, 0.3) is 0 Å². The summed E-state index contributed by atoms with van der Waals surface area (Å²) in [5.74, 6) is 1.21. The Morgan fingerprint density at radius 1 is 0.929 bits per heavy atom. The van der Waals surface area contributed by atoms with Crippen molar-refractivity contribution in [3.63, 3.8) is 0 Å². The highest BCUT2D eigenvalue weighted by Crippen LogP contribution is 2.44. The molecular formula is C24H27NO3. The van der Waals surface area contributed by atoms with E-state index in [-0.39, 0.29) is 24.8 Å². The van der Waals surface area contributed by atoms with Crippen LogP contribution in [-0.2, 0) is 4.74 Å². The fraction of sp³-hybridized carbons (Fsp3) is 0.458. The molecule has 1 aliphatic heterocycles. The average Bonchev–Trinajstić information content (AvgIpc) is 2.75. The van der Waals surface area contributed by atoms with Crippen molar-refractivity contribution in [1.82, 2.24) is 4.90 Å². The summed E-state index contributed by atoms with van der Waals surface area (Å²) in [5, 5.41) is 10.7. The number of β-amino-alcohol motifs (C(OH)–C–C–N with tert-alkyl or cyclic N) is 1. The summed E-state index contributed by atoms with van der Waals surface area (Å²) in [4.78, 5) is 15.0. The second kappa shape index (κ2) is 7.25. The van der Waals surface area contributed by atoms with Crippen molar-refractivity contribution >= 4 is 6.09 Å². The highest BCUT2D eigenvalue weighted by molar-refractivity contribution is 5.70. The lowest BCUT2D eigenvalue weighted by molar-refractivity contribution is -0.0359. The van der Waals surface area contributed by atoms with E-state index in [1.807, 2.05) is 54.6 Å². The molecule has 1 heterocycles. The predicted octanol–water partition coefficient (Wildman–Crippen LogP) is 4.84. The third kappa shape index (κ3) is 3.10. The summed E-state index contributed by atoms with van der Waals surface area (Å²) < 4.78 is 6.06. The Kier molecular flexibility index (Phi) is 4.59. The van der Waals surface area contributed by atoms with Crippen LogP contribution in [0.25, 0.3) is 0 Å². The largest absolute Gasteiger partial charge is 0.446 e. The van der Waals surface area contributed by atoms with Crippen LogP contribution >= 0.6 is 0 Å². The minimum atomic E-state index is -0.688. The van der Waals surface area contributed by atoms with Crippen LogP contribution in [0.1, 0.15) is 60.9 Å². The summed E-state index contributed by atoms with van der Waals surface area (Å²) in [7, 11) is 0. The summed E-state index contributed by atoms with van der Waals surface area (Å²) >= 11 is 0. The van der Waals surface area contributed by atoms with Crippen LogP contribution in [0.15, 0.2) is 54.6 Å². The number of benzene rings is 2. The van der Waals surface area contributed by atoms with Crippen molar-refractivity contribution in [3.8, 4) is 0 Å². The Morgan fingerprint density at radius 3 is 2.29 bits per heavy atom. The molecule has 0 saturated heterocycles. The van der Waals surface area contributed by atoms with Gasteiger partial charge in [0.05, 0.1) is 18.7 Å². The predicted molar refractivity (Wildman–Crippen MR) is 107 cm³/mol. The lowest BCUT2D eigenvalue weighted by Gasteiger charge is -2.44. The van der Waals surface area contributed by atoms with Gasteiger partial charge in [-0.1, -0.05) is 54.6 Å². The lowest BCUT2D eigenvalue weighted by atomic mass is 9.69. The molecule has 2 aromatic rings. The fourth-order valence-electron chi connectivity index (χ4n) is 5.45. The highest BCUT2D eigenvalue weighted by Gasteiger charge is 2.41. The summed E-state index contributed by atoms with van der Waals surface area (Å²) in [6.07, 6.45) is 4.96. The number of hydrogen-bond acceptors (Lipinski definition) is 3. The van der Waals surface area contributed by atoms with Gasteiger partial charge in [-0.2, -0.15) is 0 Å². The van der Waals surface area contributed by atoms with E-state index >= 15 is 0 Å². The van der Waals surface area contributed by atoms with Gasteiger partial charge in [0, 0.05) is 0 Å². The van der Waals surface area contributed by atoms with Crippen LogP contribution in [0, 0.1) is 11.8 Å². The molecule has 2 unspecified atom stereocenters. The molecule has 6 rings (SSSR count). The number of ether oxygens (including phenoxy) is 1. The molecule has 0 spiro atoms. The van der Waals surface area contributed by atoms with Gasteiger partial charge in [0.2, 0.25) is 0 Å². The summed E-state index contributed by atoms with van der Waals surface area (Å²) in [6, 6.07) is 17.7. The van der Waals surface area contributed by atoms with Gasteiger partial charge in [-0.05, 0) is 60.6 Å². The molecule has 3 atom stereocenters. The molecule has 2 aromatic carbocycles. The smallest absolute Gasteiger partial charge is 0.410 e.